The van der Waals surface area contributed by atoms with E-state index >= 15 is 0 Å². The monoisotopic (exact) mass is 382 g/mol. The Hall–Kier alpha value is -0.590. The zero-order valence-corrected chi connectivity index (χ0v) is 13.8. The van der Waals surface area contributed by atoms with Gasteiger partial charge in [0.2, 0.25) is 0 Å². The number of nitrogens with two attached hydrogens (primary N) is 1. The lowest BCUT2D eigenvalue weighted by molar-refractivity contribution is -0.0499. The summed E-state index contributed by atoms with van der Waals surface area (Å²) in [5.41, 5.74) is 6.27. The number of alkyl halides is 2. The van der Waals surface area contributed by atoms with Crippen molar-refractivity contribution in [2.75, 3.05) is 11.9 Å². The summed E-state index contributed by atoms with van der Waals surface area (Å²) in [4.78, 5) is 0. The number of anilines is 1. The molecule has 0 saturated heterocycles. The highest BCUT2D eigenvalue weighted by Gasteiger charge is 2.25. The lowest BCUT2D eigenvalue weighted by Gasteiger charge is -2.32. The minimum absolute atomic E-state index is 0.0794. The largest absolute Gasteiger partial charge is 0.431 e. The molecule has 3 nitrogen and oxygen atoms in total. The quantitative estimate of drug-likeness (QED) is 0.779. The summed E-state index contributed by atoms with van der Waals surface area (Å²) in [6, 6.07) is 3.28. The minimum Gasteiger partial charge on any atom is -0.431 e. The molecule has 0 radical (unpaired) electrons. The van der Waals surface area contributed by atoms with Crippen LogP contribution in [0.4, 0.5) is 14.5 Å². The van der Waals surface area contributed by atoms with Crippen molar-refractivity contribution < 1.29 is 13.5 Å². The van der Waals surface area contributed by atoms with Crippen molar-refractivity contribution in [2.45, 2.75) is 38.3 Å². The molecule has 118 valence electrons. The molecule has 21 heavy (non-hydrogen) atoms. The van der Waals surface area contributed by atoms with Gasteiger partial charge in [-0.2, -0.15) is 8.78 Å². The third-order valence-corrected chi connectivity index (χ3v) is 4.58. The Labute approximate surface area is 136 Å². The average molecular weight is 384 g/mol. The highest BCUT2D eigenvalue weighted by Crippen LogP contribution is 2.39. The van der Waals surface area contributed by atoms with Crippen LogP contribution in [0.2, 0.25) is 5.02 Å². The predicted molar refractivity (Wildman–Crippen MR) is 84.2 cm³/mol. The summed E-state index contributed by atoms with van der Waals surface area (Å²) in [5, 5.41) is 3.73. The summed E-state index contributed by atoms with van der Waals surface area (Å²) >= 11 is 9.22. The van der Waals surface area contributed by atoms with Crippen LogP contribution >= 0.6 is 27.5 Å². The maximum absolute atomic E-state index is 12.6. The molecule has 0 heterocycles. The number of hydrogen-bond donors (Lipinski definition) is 2. The van der Waals surface area contributed by atoms with E-state index in [4.69, 9.17) is 17.3 Å². The van der Waals surface area contributed by atoms with Crippen molar-refractivity contribution in [3.8, 4) is 5.75 Å². The van der Waals surface area contributed by atoms with Gasteiger partial charge in [0.1, 0.15) is 0 Å². The minimum atomic E-state index is -2.89. The van der Waals surface area contributed by atoms with Crippen LogP contribution in [-0.2, 0) is 0 Å². The van der Waals surface area contributed by atoms with Gasteiger partial charge in [-0.05, 0) is 53.4 Å². The van der Waals surface area contributed by atoms with E-state index in [-0.39, 0.29) is 11.8 Å². The topological polar surface area (TPSA) is 47.3 Å². The van der Waals surface area contributed by atoms with Crippen molar-refractivity contribution in [1.29, 1.82) is 0 Å². The van der Waals surface area contributed by atoms with Crippen molar-refractivity contribution in [3.05, 3.63) is 21.6 Å². The molecule has 1 aromatic carbocycles. The summed E-state index contributed by atoms with van der Waals surface area (Å²) in [6.45, 7) is -2.32. The predicted octanol–water partition coefficient (Wildman–Crippen LogP) is 4.63. The van der Waals surface area contributed by atoms with Gasteiger partial charge in [-0.3, -0.25) is 0 Å². The molecule has 1 aliphatic rings. The van der Waals surface area contributed by atoms with Crippen LogP contribution in [0.25, 0.3) is 0 Å². The molecular formula is C14H18BrClF2N2O. The summed E-state index contributed by atoms with van der Waals surface area (Å²) in [5.74, 6) is 0.409. The molecule has 0 aliphatic heterocycles. The molecule has 0 bridgehead atoms. The second-order valence-electron chi connectivity index (χ2n) is 5.17. The molecule has 0 spiro atoms. The maximum Gasteiger partial charge on any atom is 0.387 e. The van der Waals surface area contributed by atoms with E-state index in [1.54, 1.807) is 6.07 Å². The Balaban J connectivity index is 2.24. The smallest absolute Gasteiger partial charge is 0.387 e. The Morgan fingerprint density at radius 2 is 2.10 bits per heavy atom. The van der Waals surface area contributed by atoms with Crippen molar-refractivity contribution in [1.82, 2.24) is 0 Å². The third-order valence-electron chi connectivity index (χ3n) is 3.77. The van der Waals surface area contributed by atoms with Gasteiger partial charge in [0.25, 0.3) is 0 Å². The van der Waals surface area contributed by atoms with E-state index in [9.17, 15) is 8.78 Å². The zero-order valence-electron chi connectivity index (χ0n) is 11.4. The first kappa shape index (κ1) is 16.8. The highest BCUT2D eigenvalue weighted by molar-refractivity contribution is 9.10. The van der Waals surface area contributed by atoms with Crippen LogP contribution in [-0.4, -0.2) is 19.2 Å². The second-order valence-corrected chi connectivity index (χ2v) is 6.46. The Kier molecular flexibility index (Phi) is 6.08. The molecule has 1 fully saturated rings. The van der Waals surface area contributed by atoms with Gasteiger partial charge in [-0.15, -0.1) is 0 Å². The van der Waals surface area contributed by atoms with Crippen molar-refractivity contribution in [2.24, 2.45) is 11.7 Å². The van der Waals surface area contributed by atoms with E-state index in [2.05, 4.69) is 26.0 Å². The van der Waals surface area contributed by atoms with Gasteiger partial charge < -0.3 is 15.8 Å². The molecular weight excluding hydrogens is 366 g/mol. The molecule has 0 aromatic heterocycles. The number of rotatable bonds is 5. The van der Waals surface area contributed by atoms with Gasteiger partial charge in [-0.25, -0.2) is 0 Å². The zero-order chi connectivity index (χ0) is 15.4. The first-order chi connectivity index (χ1) is 10.0. The van der Waals surface area contributed by atoms with Crippen LogP contribution < -0.4 is 15.8 Å². The second kappa shape index (κ2) is 7.61. The average Bonchev–Trinajstić information content (AvgIpc) is 2.43. The Morgan fingerprint density at radius 1 is 1.38 bits per heavy atom. The SMILES string of the molecule is NCC1CCCCC1Nc1cc(Cl)cc(Br)c1OC(F)F. The maximum atomic E-state index is 12.6. The van der Waals surface area contributed by atoms with E-state index in [0.717, 1.165) is 25.7 Å². The molecule has 3 N–H and O–H groups in total. The number of nitrogens with one attached hydrogen (secondary N) is 1. The molecule has 0 amide bonds. The number of benzene rings is 1. The fourth-order valence-corrected chi connectivity index (χ4v) is 3.66. The lowest BCUT2D eigenvalue weighted by atomic mass is 9.84. The molecule has 1 saturated carbocycles. The van der Waals surface area contributed by atoms with Gasteiger partial charge in [0.15, 0.2) is 5.75 Å². The molecule has 7 heteroatoms. The fraction of sp³-hybridized carbons (Fsp3) is 0.571. The van der Waals surface area contributed by atoms with E-state index in [1.165, 1.54) is 6.07 Å². The molecule has 2 atom stereocenters. The van der Waals surface area contributed by atoms with Gasteiger partial charge in [0, 0.05) is 11.1 Å². The van der Waals surface area contributed by atoms with Crippen LogP contribution in [0.3, 0.4) is 0 Å². The highest BCUT2D eigenvalue weighted by atomic mass is 79.9. The van der Waals surface area contributed by atoms with Crippen LogP contribution in [0.1, 0.15) is 25.7 Å². The summed E-state index contributed by atoms with van der Waals surface area (Å²) in [6.07, 6.45) is 4.25. The van der Waals surface area contributed by atoms with Crippen molar-refractivity contribution >= 4 is 33.2 Å². The first-order valence-corrected chi connectivity index (χ1v) is 8.08. The van der Waals surface area contributed by atoms with E-state index in [1.807, 2.05) is 0 Å². The normalized spacial score (nSPS) is 22.4. The Morgan fingerprint density at radius 3 is 2.76 bits per heavy atom. The van der Waals surface area contributed by atoms with Gasteiger partial charge in [-0.1, -0.05) is 24.4 Å². The third kappa shape index (κ3) is 4.44. The van der Waals surface area contributed by atoms with Crippen LogP contribution in [0.5, 0.6) is 5.75 Å². The van der Waals surface area contributed by atoms with Crippen LogP contribution in [0.15, 0.2) is 16.6 Å². The van der Waals surface area contributed by atoms with E-state index < -0.39 is 6.61 Å². The van der Waals surface area contributed by atoms with Crippen molar-refractivity contribution in [3.63, 3.8) is 0 Å². The van der Waals surface area contributed by atoms with Gasteiger partial charge in [0.05, 0.1) is 10.2 Å². The molecule has 2 unspecified atom stereocenters. The number of ether oxygens (including phenoxy) is 1. The summed E-state index contributed by atoms with van der Waals surface area (Å²) in [7, 11) is 0. The standard InChI is InChI=1S/C14H18BrClF2N2O/c15-10-5-9(16)6-12(13(10)21-14(17)18)20-11-4-2-1-3-8(11)7-19/h5-6,8,11,14,20H,1-4,7,19H2. The molecule has 1 aliphatic carbocycles. The molecule has 2 rings (SSSR count). The Bertz CT molecular complexity index is 490. The van der Waals surface area contributed by atoms with Gasteiger partial charge >= 0.3 is 6.61 Å². The fourth-order valence-electron chi connectivity index (χ4n) is 2.76. The molecule has 1 aromatic rings. The van der Waals surface area contributed by atoms with E-state index in [0.29, 0.717) is 27.6 Å². The first-order valence-electron chi connectivity index (χ1n) is 6.91. The van der Waals surface area contributed by atoms with Crippen LogP contribution in [0, 0.1) is 5.92 Å². The number of hydrogen-bond acceptors (Lipinski definition) is 3. The number of halogens is 4. The lowest BCUT2D eigenvalue weighted by Crippen LogP contribution is -2.36. The summed E-state index contributed by atoms with van der Waals surface area (Å²) < 4.78 is 30.2.